The van der Waals surface area contributed by atoms with Crippen molar-refractivity contribution in [2.45, 2.75) is 63.0 Å². The number of rotatable bonds is 7. The Morgan fingerprint density at radius 3 is 2.03 bits per heavy atom. The zero-order chi connectivity index (χ0) is 24.6. The number of ether oxygens (including phenoxy) is 1. The van der Waals surface area contributed by atoms with Gasteiger partial charge in [0.25, 0.3) is 0 Å². The molecule has 1 unspecified atom stereocenters. The first-order valence-electron chi connectivity index (χ1n) is 12.1. The van der Waals surface area contributed by atoms with Crippen LogP contribution in [0.15, 0.2) is 48.5 Å². The van der Waals surface area contributed by atoms with Gasteiger partial charge in [-0.15, -0.1) is 0 Å². The summed E-state index contributed by atoms with van der Waals surface area (Å²) in [4.78, 5) is 41.5. The summed E-state index contributed by atoms with van der Waals surface area (Å²) in [6.07, 6.45) is 2.27. The average Bonchev–Trinajstić information content (AvgIpc) is 3.20. The summed E-state index contributed by atoms with van der Waals surface area (Å²) in [6, 6.07) is 16.5. The predicted molar refractivity (Wildman–Crippen MR) is 127 cm³/mol. The second-order valence-corrected chi connectivity index (χ2v) is 10.0. The minimum atomic E-state index is -1.14. The van der Waals surface area contributed by atoms with Crippen LogP contribution in [0.1, 0.15) is 62.5 Å². The Morgan fingerprint density at radius 2 is 1.49 bits per heavy atom. The van der Waals surface area contributed by atoms with Crippen molar-refractivity contribution in [3.63, 3.8) is 0 Å². The molecular weight excluding hydrogens is 448 g/mol. The summed E-state index contributed by atoms with van der Waals surface area (Å²) < 4.78 is 5.74. The highest BCUT2D eigenvalue weighted by Crippen LogP contribution is 2.52. The molecule has 2 aromatic carbocycles. The van der Waals surface area contributed by atoms with Gasteiger partial charge in [-0.1, -0.05) is 48.5 Å². The van der Waals surface area contributed by atoms with Crippen LogP contribution in [0.3, 0.4) is 0 Å². The number of hydroxylamine groups is 1. The van der Waals surface area contributed by atoms with E-state index >= 15 is 0 Å². The standard InChI is InChI=1S/C27H30N2O6/c1-17(23(30)31)35-29-24(32)26-10-13-27(14-11-26,15-12-26)28-25(33)34-16-22-20-8-4-2-6-18(20)19-7-3-5-9-21(19)22/h2-9,17,22H,10-16H2,1H3,(H,28,33)(H,29,32)(H,30,31). The zero-order valence-corrected chi connectivity index (χ0v) is 19.7. The van der Waals surface area contributed by atoms with Gasteiger partial charge in [0.15, 0.2) is 6.10 Å². The third-order valence-electron chi connectivity index (χ3n) is 8.12. The highest BCUT2D eigenvalue weighted by molar-refractivity contribution is 5.83. The van der Waals surface area contributed by atoms with Crippen LogP contribution in [-0.2, 0) is 19.2 Å². The lowest BCUT2D eigenvalue weighted by Gasteiger charge is -2.52. The average molecular weight is 479 g/mol. The second kappa shape index (κ2) is 9.00. The van der Waals surface area contributed by atoms with E-state index < -0.39 is 23.6 Å². The molecule has 8 heteroatoms. The lowest BCUT2D eigenvalue weighted by Crippen LogP contribution is -2.60. The van der Waals surface area contributed by atoms with Gasteiger partial charge in [-0.3, -0.25) is 9.63 Å². The SMILES string of the molecule is CC(ONC(=O)C12CCC(NC(=O)OCC3c4ccccc4-c4ccccc43)(CC1)CC2)C(=O)O. The Labute approximate surface area is 204 Å². The van der Waals surface area contributed by atoms with E-state index in [1.54, 1.807) is 0 Å². The first kappa shape index (κ1) is 23.4. The van der Waals surface area contributed by atoms with E-state index in [9.17, 15) is 14.4 Å². The lowest BCUT2D eigenvalue weighted by atomic mass is 9.57. The van der Waals surface area contributed by atoms with Crippen LogP contribution in [-0.4, -0.2) is 41.3 Å². The molecule has 0 radical (unpaired) electrons. The van der Waals surface area contributed by atoms with Crippen molar-refractivity contribution in [2.75, 3.05) is 6.61 Å². The number of aliphatic carboxylic acids is 1. The number of amides is 2. The minimum absolute atomic E-state index is 0.00732. The minimum Gasteiger partial charge on any atom is -0.479 e. The molecule has 0 aromatic heterocycles. The Morgan fingerprint density at radius 1 is 0.943 bits per heavy atom. The number of carbonyl (C=O) groups is 3. The quantitative estimate of drug-likeness (QED) is 0.516. The Kier molecular flexibility index (Phi) is 6.01. The van der Waals surface area contributed by atoms with E-state index in [4.69, 9.17) is 14.7 Å². The van der Waals surface area contributed by atoms with E-state index in [-0.39, 0.29) is 24.0 Å². The normalized spacial score (nSPS) is 25.3. The van der Waals surface area contributed by atoms with Gasteiger partial charge in [0, 0.05) is 11.5 Å². The number of carboxylic acids is 1. The molecule has 2 bridgehead atoms. The topological polar surface area (TPSA) is 114 Å². The first-order valence-corrected chi connectivity index (χ1v) is 12.1. The van der Waals surface area contributed by atoms with E-state index in [1.165, 1.54) is 29.2 Å². The molecule has 184 valence electrons. The maximum Gasteiger partial charge on any atom is 0.407 e. The molecule has 6 rings (SSSR count). The second-order valence-electron chi connectivity index (χ2n) is 10.0. The van der Waals surface area contributed by atoms with Gasteiger partial charge in [-0.05, 0) is 67.7 Å². The summed E-state index contributed by atoms with van der Waals surface area (Å²) in [5.74, 6) is -1.41. The van der Waals surface area contributed by atoms with Crippen molar-refractivity contribution in [1.29, 1.82) is 0 Å². The summed E-state index contributed by atoms with van der Waals surface area (Å²) in [7, 11) is 0. The monoisotopic (exact) mass is 478 g/mol. The van der Waals surface area contributed by atoms with Crippen LogP contribution in [0, 0.1) is 5.41 Å². The third kappa shape index (κ3) is 4.27. The van der Waals surface area contributed by atoms with Crippen LogP contribution < -0.4 is 10.8 Å². The number of hydrogen-bond acceptors (Lipinski definition) is 5. The van der Waals surface area contributed by atoms with Crippen molar-refractivity contribution >= 4 is 18.0 Å². The van der Waals surface area contributed by atoms with E-state index in [1.807, 2.05) is 24.3 Å². The number of benzene rings is 2. The van der Waals surface area contributed by atoms with Crippen molar-refractivity contribution in [3.8, 4) is 11.1 Å². The molecule has 0 heterocycles. The zero-order valence-electron chi connectivity index (χ0n) is 19.7. The molecular formula is C27H30N2O6. The molecule has 8 nitrogen and oxygen atoms in total. The molecule has 0 saturated heterocycles. The van der Waals surface area contributed by atoms with Crippen LogP contribution in [0.5, 0.6) is 0 Å². The molecule has 1 atom stereocenters. The number of carboxylic acid groups (broad SMARTS) is 1. The maximum absolute atomic E-state index is 12.8. The highest BCUT2D eigenvalue weighted by Gasteiger charge is 2.53. The molecule has 0 spiro atoms. The molecule has 3 N–H and O–H groups in total. The summed E-state index contributed by atoms with van der Waals surface area (Å²) in [5, 5.41) is 12.0. The van der Waals surface area contributed by atoms with E-state index in [0.717, 1.165) is 0 Å². The van der Waals surface area contributed by atoms with Crippen LogP contribution in [0.25, 0.3) is 11.1 Å². The van der Waals surface area contributed by atoms with E-state index in [2.05, 4.69) is 35.1 Å². The van der Waals surface area contributed by atoms with Gasteiger partial charge in [-0.25, -0.2) is 15.1 Å². The van der Waals surface area contributed by atoms with Crippen molar-refractivity contribution in [3.05, 3.63) is 59.7 Å². The fourth-order valence-corrected chi connectivity index (χ4v) is 5.87. The smallest absolute Gasteiger partial charge is 0.407 e. The Hall–Kier alpha value is -3.39. The Balaban J connectivity index is 1.17. The van der Waals surface area contributed by atoms with Crippen LogP contribution in [0.2, 0.25) is 0 Å². The number of nitrogens with one attached hydrogen (secondary N) is 2. The number of hydrogen-bond donors (Lipinski definition) is 3. The number of carbonyl (C=O) groups excluding carboxylic acids is 2. The summed E-state index contributed by atoms with van der Waals surface area (Å²) >= 11 is 0. The molecule has 2 amide bonds. The highest BCUT2D eigenvalue weighted by atomic mass is 16.7. The van der Waals surface area contributed by atoms with Gasteiger partial charge in [-0.2, -0.15) is 0 Å². The van der Waals surface area contributed by atoms with Crippen molar-refractivity contribution in [2.24, 2.45) is 5.41 Å². The third-order valence-corrected chi connectivity index (χ3v) is 8.12. The van der Waals surface area contributed by atoms with Crippen LogP contribution in [0.4, 0.5) is 4.79 Å². The van der Waals surface area contributed by atoms with Crippen LogP contribution >= 0.6 is 0 Å². The first-order chi connectivity index (χ1) is 16.8. The van der Waals surface area contributed by atoms with Gasteiger partial charge < -0.3 is 15.2 Å². The fourth-order valence-electron chi connectivity index (χ4n) is 5.87. The predicted octanol–water partition coefficient (Wildman–Crippen LogP) is 4.14. The molecule has 35 heavy (non-hydrogen) atoms. The van der Waals surface area contributed by atoms with Crippen molar-refractivity contribution in [1.82, 2.24) is 10.8 Å². The van der Waals surface area contributed by atoms with E-state index in [0.29, 0.717) is 38.5 Å². The largest absolute Gasteiger partial charge is 0.479 e. The van der Waals surface area contributed by atoms with Gasteiger partial charge in [0.2, 0.25) is 5.91 Å². The molecule has 3 fully saturated rings. The summed E-state index contributed by atoms with van der Waals surface area (Å²) in [5.41, 5.74) is 6.10. The summed E-state index contributed by atoms with van der Waals surface area (Å²) in [6.45, 7) is 1.63. The van der Waals surface area contributed by atoms with Crippen molar-refractivity contribution < 1.29 is 29.1 Å². The molecule has 3 saturated carbocycles. The number of alkyl carbamates (subject to hydrolysis) is 1. The molecule has 0 aliphatic heterocycles. The Bertz CT molecular complexity index is 1090. The molecule has 4 aliphatic rings. The van der Waals surface area contributed by atoms with Gasteiger partial charge in [0.05, 0.1) is 5.41 Å². The fraction of sp³-hybridized carbons (Fsp3) is 0.444. The number of fused-ring (bicyclic) bond motifs is 6. The lowest BCUT2D eigenvalue weighted by molar-refractivity contribution is -0.166. The van der Waals surface area contributed by atoms with Gasteiger partial charge >= 0.3 is 12.1 Å². The maximum atomic E-state index is 12.8. The molecule has 4 aliphatic carbocycles. The molecule has 2 aromatic rings. The van der Waals surface area contributed by atoms with Gasteiger partial charge in [0.1, 0.15) is 6.61 Å².